The van der Waals surface area contributed by atoms with Gasteiger partial charge >= 0.3 is 12.4 Å². The molecule has 0 bridgehead atoms. The molecule has 3 heterocycles. The lowest BCUT2D eigenvalue weighted by molar-refractivity contribution is -0.138. The van der Waals surface area contributed by atoms with Crippen LogP contribution in [0.3, 0.4) is 0 Å². The van der Waals surface area contributed by atoms with Crippen molar-refractivity contribution in [2.45, 2.75) is 44.6 Å². The normalized spacial score (nSPS) is 16.6. The molecule has 1 N–H and O–H groups in total. The first-order valence-electron chi connectivity index (χ1n) is 12.6. The highest BCUT2D eigenvalue weighted by Gasteiger charge is 2.35. The fourth-order valence-corrected chi connectivity index (χ4v) is 4.96. The van der Waals surface area contributed by atoms with E-state index in [0.717, 1.165) is 50.6 Å². The third-order valence-electron chi connectivity index (χ3n) is 6.75. The van der Waals surface area contributed by atoms with Crippen molar-refractivity contribution in [1.82, 2.24) is 19.9 Å². The highest BCUT2D eigenvalue weighted by atomic mass is 19.4. The van der Waals surface area contributed by atoms with Crippen molar-refractivity contribution in [1.29, 1.82) is 0 Å². The van der Waals surface area contributed by atoms with Crippen LogP contribution in [0, 0.1) is 0 Å². The molecule has 1 saturated heterocycles. The summed E-state index contributed by atoms with van der Waals surface area (Å²) >= 11 is 0. The maximum atomic E-state index is 13.7. The molecule has 1 atom stereocenters. The summed E-state index contributed by atoms with van der Waals surface area (Å²) in [5.74, 6) is 0.874. The van der Waals surface area contributed by atoms with E-state index < -0.39 is 23.5 Å². The zero-order valence-electron chi connectivity index (χ0n) is 20.9. The molecule has 1 aliphatic heterocycles. The Morgan fingerprint density at radius 1 is 0.949 bits per heavy atom. The van der Waals surface area contributed by atoms with E-state index in [2.05, 4.69) is 22.1 Å². The van der Waals surface area contributed by atoms with Crippen LogP contribution in [0.4, 0.5) is 37.8 Å². The van der Waals surface area contributed by atoms with Crippen LogP contribution >= 0.6 is 0 Å². The van der Waals surface area contributed by atoms with Gasteiger partial charge in [0.2, 0.25) is 0 Å². The van der Waals surface area contributed by atoms with Gasteiger partial charge in [-0.2, -0.15) is 26.3 Å². The van der Waals surface area contributed by atoms with Crippen molar-refractivity contribution in [2.75, 3.05) is 18.4 Å². The molecule has 1 fully saturated rings. The van der Waals surface area contributed by atoms with Gasteiger partial charge in [0.25, 0.3) is 0 Å². The minimum atomic E-state index is -4.59. The van der Waals surface area contributed by atoms with E-state index >= 15 is 0 Å². The maximum Gasteiger partial charge on any atom is 0.418 e. The van der Waals surface area contributed by atoms with E-state index in [1.165, 1.54) is 30.5 Å². The fourth-order valence-electron chi connectivity index (χ4n) is 4.96. The van der Waals surface area contributed by atoms with Crippen LogP contribution in [-0.2, 0) is 12.4 Å². The SMILES string of the molecule is CCCN1CCC[C@H]1c1nc(Nc2ccc(C(F)(F)F)cc2)c2ccc(-c3ncccc3C(F)(F)F)cc2n1. The van der Waals surface area contributed by atoms with Gasteiger partial charge in [0.15, 0.2) is 0 Å². The van der Waals surface area contributed by atoms with Gasteiger partial charge < -0.3 is 5.32 Å². The molecule has 0 amide bonds. The van der Waals surface area contributed by atoms with Crippen LogP contribution in [0.25, 0.3) is 22.2 Å². The monoisotopic (exact) mass is 545 g/mol. The van der Waals surface area contributed by atoms with Gasteiger partial charge in [-0.3, -0.25) is 9.88 Å². The van der Waals surface area contributed by atoms with E-state index in [-0.39, 0.29) is 17.3 Å². The van der Waals surface area contributed by atoms with Crippen LogP contribution in [0.2, 0.25) is 0 Å². The summed E-state index contributed by atoms with van der Waals surface area (Å²) in [6.07, 6.45) is -5.03. The van der Waals surface area contributed by atoms with Crippen molar-refractivity contribution in [3.05, 3.63) is 77.7 Å². The average Bonchev–Trinajstić information content (AvgIpc) is 3.36. The molecule has 2 aromatic carbocycles. The number of hydrogen-bond donors (Lipinski definition) is 1. The van der Waals surface area contributed by atoms with Crippen molar-refractivity contribution >= 4 is 22.4 Å². The lowest BCUT2D eigenvalue weighted by Gasteiger charge is -2.23. The molecule has 204 valence electrons. The van der Waals surface area contributed by atoms with Gasteiger partial charge in [-0.25, -0.2) is 9.97 Å². The van der Waals surface area contributed by atoms with E-state index in [1.807, 2.05) is 0 Å². The van der Waals surface area contributed by atoms with E-state index in [1.54, 1.807) is 12.1 Å². The number of nitrogens with one attached hydrogen (secondary N) is 1. The molecule has 0 unspecified atom stereocenters. The zero-order valence-corrected chi connectivity index (χ0v) is 20.9. The highest BCUT2D eigenvalue weighted by Crippen LogP contribution is 2.38. The van der Waals surface area contributed by atoms with Gasteiger partial charge in [0, 0.05) is 22.8 Å². The third kappa shape index (κ3) is 5.68. The van der Waals surface area contributed by atoms with Gasteiger partial charge in [-0.05, 0) is 80.9 Å². The smallest absolute Gasteiger partial charge is 0.340 e. The summed E-state index contributed by atoms with van der Waals surface area (Å²) in [5, 5.41) is 3.62. The quantitative estimate of drug-likeness (QED) is 0.249. The molecule has 1 aliphatic rings. The van der Waals surface area contributed by atoms with Crippen molar-refractivity contribution in [3.63, 3.8) is 0 Å². The Bertz CT molecular complexity index is 1470. The minimum Gasteiger partial charge on any atom is -0.340 e. The standard InChI is InChI=1S/C28H25F6N5/c1-2-14-39-15-4-6-23(39)26-37-22-16-17(24-21(28(32,33)34)5-3-13-35-24)7-12-20(22)25(38-26)36-19-10-8-18(9-11-19)27(29,30)31/h3,5,7-13,16,23H,2,4,6,14-15H2,1H3,(H,36,37,38)/t23-/m0/s1. The molecule has 0 aliphatic carbocycles. The Labute approximate surface area is 220 Å². The molecule has 5 nitrogen and oxygen atoms in total. The molecular formula is C28H25F6N5. The van der Waals surface area contributed by atoms with Crippen molar-refractivity contribution < 1.29 is 26.3 Å². The number of likely N-dealkylation sites (tertiary alicyclic amines) is 1. The van der Waals surface area contributed by atoms with Crippen LogP contribution in [0.15, 0.2) is 60.8 Å². The maximum absolute atomic E-state index is 13.7. The molecule has 0 saturated carbocycles. The first kappa shape index (κ1) is 26.9. The van der Waals surface area contributed by atoms with Crippen LogP contribution in [-0.4, -0.2) is 32.9 Å². The lowest BCUT2D eigenvalue weighted by atomic mass is 10.0. The van der Waals surface area contributed by atoms with Gasteiger partial charge in [0.05, 0.1) is 28.4 Å². The molecule has 39 heavy (non-hydrogen) atoms. The molecule has 2 aromatic heterocycles. The van der Waals surface area contributed by atoms with Gasteiger partial charge in [-0.1, -0.05) is 13.0 Å². The summed E-state index contributed by atoms with van der Waals surface area (Å²) in [6, 6.07) is 11.4. The predicted molar refractivity (Wildman–Crippen MR) is 136 cm³/mol. The van der Waals surface area contributed by atoms with E-state index in [9.17, 15) is 26.3 Å². The van der Waals surface area contributed by atoms with Crippen molar-refractivity contribution in [3.8, 4) is 11.3 Å². The number of benzene rings is 2. The van der Waals surface area contributed by atoms with Crippen LogP contribution < -0.4 is 5.32 Å². The molecule has 0 spiro atoms. The Morgan fingerprint density at radius 2 is 1.72 bits per heavy atom. The highest BCUT2D eigenvalue weighted by molar-refractivity contribution is 5.93. The van der Waals surface area contributed by atoms with E-state index in [0.29, 0.717) is 28.2 Å². The first-order chi connectivity index (χ1) is 18.5. The van der Waals surface area contributed by atoms with Gasteiger partial charge in [0.1, 0.15) is 11.6 Å². The number of anilines is 2. The summed E-state index contributed by atoms with van der Waals surface area (Å²) in [6.45, 7) is 3.80. The Balaban J connectivity index is 1.62. The second kappa shape index (κ2) is 10.4. The number of fused-ring (bicyclic) bond motifs is 1. The van der Waals surface area contributed by atoms with Crippen LogP contribution in [0.1, 0.15) is 49.2 Å². The second-order valence-corrected chi connectivity index (χ2v) is 9.45. The number of aromatic nitrogens is 3. The summed E-state index contributed by atoms with van der Waals surface area (Å²) in [4.78, 5) is 15.8. The molecule has 4 aromatic rings. The topological polar surface area (TPSA) is 53.9 Å². The van der Waals surface area contributed by atoms with Crippen molar-refractivity contribution in [2.24, 2.45) is 0 Å². The Hall–Kier alpha value is -3.73. The largest absolute Gasteiger partial charge is 0.418 e. The number of hydrogen-bond acceptors (Lipinski definition) is 5. The Kier molecular flexibility index (Phi) is 7.19. The Morgan fingerprint density at radius 3 is 2.41 bits per heavy atom. The number of nitrogens with zero attached hydrogens (tertiary/aromatic N) is 4. The average molecular weight is 546 g/mol. The number of halogens is 6. The third-order valence-corrected chi connectivity index (χ3v) is 6.75. The molecular weight excluding hydrogens is 520 g/mol. The summed E-state index contributed by atoms with van der Waals surface area (Å²) in [5.41, 5.74) is -0.794. The fraction of sp³-hybridized carbons (Fsp3) is 0.321. The number of rotatable bonds is 6. The molecule has 11 heteroatoms. The van der Waals surface area contributed by atoms with Gasteiger partial charge in [-0.15, -0.1) is 0 Å². The summed E-state index contributed by atoms with van der Waals surface area (Å²) in [7, 11) is 0. The summed E-state index contributed by atoms with van der Waals surface area (Å²) < 4.78 is 80.2. The first-order valence-corrected chi connectivity index (χ1v) is 12.6. The lowest BCUT2D eigenvalue weighted by Crippen LogP contribution is -2.25. The molecule has 0 radical (unpaired) electrons. The zero-order chi connectivity index (χ0) is 27.8. The molecule has 5 rings (SSSR count). The second-order valence-electron chi connectivity index (χ2n) is 9.45. The van der Waals surface area contributed by atoms with Crippen LogP contribution in [0.5, 0.6) is 0 Å². The number of alkyl halides is 6. The van der Waals surface area contributed by atoms with E-state index in [4.69, 9.17) is 9.97 Å². The minimum absolute atomic E-state index is 0.0771. The number of pyridine rings is 1. The predicted octanol–water partition coefficient (Wildman–Crippen LogP) is 8.02.